The number of nitrogens with one attached hydrogen (secondary N) is 1. The van der Waals surface area contributed by atoms with Gasteiger partial charge in [0.1, 0.15) is 0 Å². The number of hydrogen-bond acceptors (Lipinski definition) is 1. The topological polar surface area (TPSA) is 17.0 Å². The lowest BCUT2D eigenvalue weighted by atomic mass is 9.87. The molecule has 2 aromatic rings. The molecule has 2 unspecified atom stereocenters. The molecule has 2 heteroatoms. The molecule has 3 rings (SSSR count). The van der Waals surface area contributed by atoms with Crippen molar-refractivity contribution in [3.63, 3.8) is 0 Å². The zero-order valence-electron chi connectivity index (χ0n) is 12.0. The van der Waals surface area contributed by atoms with E-state index in [-0.39, 0.29) is 0 Å². The van der Waals surface area contributed by atoms with Gasteiger partial charge in [-0.2, -0.15) is 0 Å². The lowest BCUT2D eigenvalue weighted by Crippen LogP contribution is -2.18. The molecule has 0 aliphatic heterocycles. The Kier molecular flexibility index (Phi) is 3.61. The maximum absolute atomic E-state index is 3.29. The first kappa shape index (κ1) is 12.7. The third-order valence-electron chi connectivity index (χ3n) is 4.49. The van der Waals surface area contributed by atoms with Gasteiger partial charge in [0, 0.05) is 18.8 Å². The molecular weight excluding hydrogens is 232 g/mol. The van der Waals surface area contributed by atoms with E-state index < -0.39 is 0 Å². The van der Waals surface area contributed by atoms with Crippen molar-refractivity contribution in [3.8, 4) is 0 Å². The van der Waals surface area contributed by atoms with Gasteiger partial charge < -0.3 is 9.88 Å². The van der Waals surface area contributed by atoms with E-state index in [0.717, 1.165) is 12.5 Å². The zero-order valence-corrected chi connectivity index (χ0v) is 12.0. The molecule has 2 atom stereocenters. The third kappa shape index (κ3) is 2.42. The average molecular weight is 256 g/mol. The molecule has 0 bridgehead atoms. The Bertz CT molecular complexity index is 555. The van der Waals surface area contributed by atoms with Crippen molar-refractivity contribution >= 4 is 10.9 Å². The summed E-state index contributed by atoms with van der Waals surface area (Å²) < 4.78 is 2.54. The lowest BCUT2D eigenvalue weighted by Gasteiger charge is -2.29. The largest absolute Gasteiger partial charge is 0.344 e. The van der Waals surface area contributed by atoms with Gasteiger partial charge in [0.2, 0.25) is 0 Å². The van der Waals surface area contributed by atoms with Crippen molar-refractivity contribution in [1.29, 1.82) is 0 Å². The second-order valence-electron chi connectivity index (χ2n) is 6.03. The molecule has 1 aliphatic carbocycles. The Balaban J connectivity index is 2.03. The summed E-state index contributed by atoms with van der Waals surface area (Å²) >= 11 is 0. The first-order chi connectivity index (χ1) is 9.29. The van der Waals surface area contributed by atoms with E-state index in [2.05, 4.69) is 47.3 Å². The van der Waals surface area contributed by atoms with Crippen LogP contribution < -0.4 is 5.32 Å². The number of para-hydroxylation sites is 1. The molecule has 0 spiro atoms. The smallest absolute Gasteiger partial charge is 0.0528 e. The Hall–Kier alpha value is -1.28. The summed E-state index contributed by atoms with van der Waals surface area (Å²) in [6.07, 6.45) is 7.74. The maximum atomic E-state index is 3.29. The van der Waals surface area contributed by atoms with Crippen LogP contribution in [0.3, 0.4) is 0 Å². The number of benzene rings is 1. The van der Waals surface area contributed by atoms with Crippen LogP contribution in [-0.2, 0) is 6.54 Å². The second kappa shape index (κ2) is 5.38. The van der Waals surface area contributed by atoms with Crippen molar-refractivity contribution in [2.75, 3.05) is 7.05 Å². The summed E-state index contributed by atoms with van der Waals surface area (Å²) in [4.78, 5) is 0. The van der Waals surface area contributed by atoms with Crippen LogP contribution in [0.25, 0.3) is 10.9 Å². The van der Waals surface area contributed by atoms with Crippen LogP contribution in [0.2, 0.25) is 0 Å². The van der Waals surface area contributed by atoms with E-state index in [1.807, 2.05) is 7.05 Å². The van der Waals surface area contributed by atoms with Gasteiger partial charge in [-0.1, -0.05) is 38.0 Å². The van der Waals surface area contributed by atoms with Gasteiger partial charge in [-0.25, -0.2) is 0 Å². The summed E-state index contributed by atoms with van der Waals surface area (Å²) in [7, 11) is 2.02. The highest BCUT2D eigenvalue weighted by atomic mass is 15.0. The van der Waals surface area contributed by atoms with Gasteiger partial charge in [-0.05, 0) is 42.8 Å². The molecule has 2 nitrogen and oxygen atoms in total. The van der Waals surface area contributed by atoms with Crippen molar-refractivity contribution in [1.82, 2.24) is 9.88 Å². The summed E-state index contributed by atoms with van der Waals surface area (Å²) in [6.45, 7) is 3.34. The Morgan fingerprint density at radius 3 is 2.95 bits per heavy atom. The molecule has 1 fully saturated rings. The van der Waals surface area contributed by atoms with Gasteiger partial charge in [0.05, 0.1) is 5.52 Å². The molecule has 1 aliphatic rings. The van der Waals surface area contributed by atoms with E-state index in [4.69, 9.17) is 0 Å². The Labute approximate surface area is 115 Å². The molecule has 0 radical (unpaired) electrons. The number of rotatable bonds is 3. The highest BCUT2D eigenvalue weighted by molar-refractivity contribution is 5.83. The highest BCUT2D eigenvalue weighted by Crippen LogP contribution is 2.35. The van der Waals surface area contributed by atoms with Crippen LogP contribution >= 0.6 is 0 Å². The number of fused-ring (bicyclic) bond motifs is 1. The van der Waals surface area contributed by atoms with Gasteiger partial charge in [0.25, 0.3) is 0 Å². The van der Waals surface area contributed by atoms with Gasteiger partial charge in [-0.15, -0.1) is 0 Å². The molecule has 0 saturated heterocycles. The number of aromatic nitrogens is 1. The predicted octanol–water partition coefficient (Wildman–Crippen LogP) is 4.11. The van der Waals surface area contributed by atoms with E-state index >= 15 is 0 Å². The first-order valence-corrected chi connectivity index (χ1v) is 7.52. The monoisotopic (exact) mass is 256 g/mol. The fraction of sp³-hybridized carbons (Fsp3) is 0.529. The summed E-state index contributed by atoms with van der Waals surface area (Å²) in [5.74, 6) is 0.868. The molecule has 1 aromatic carbocycles. The van der Waals surface area contributed by atoms with Crippen molar-refractivity contribution in [2.45, 2.75) is 45.2 Å². The summed E-state index contributed by atoms with van der Waals surface area (Å²) in [6, 6.07) is 9.62. The van der Waals surface area contributed by atoms with Crippen LogP contribution in [-0.4, -0.2) is 11.6 Å². The van der Waals surface area contributed by atoms with E-state index in [1.165, 1.54) is 42.1 Å². The molecule has 0 amide bonds. The minimum Gasteiger partial charge on any atom is -0.344 e. The first-order valence-electron chi connectivity index (χ1n) is 7.52. The second-order valence-corrected chi connectivity index (χ2v) is 6.03. The van der Waals surface area contributed by atoms with Crippen LogP contribution in [0.1, 0.15) is 44.2 Å². The average Bonchev–Trinajstić information content (AvgIpc) is 2.84. The maximum Gasteiger partial charge on any atom is 0.0528 e. The molecule has 1 aromatic heterocycles. The Morgan fingerprint density at radius 2 is 2.16 bits per heavy atom. The minimum atomic E-state index is 0.694. The normalized spacial score (nSPS) is 23.9. The molecular formula is C17H24N2. The fourth-order valence-electron chi connectivity index (χ4n) is 3.59. The van der Waals surface area contributed by atoms with Crippen molar-refractivity contribution < 1.29 is 0 Å². The van der Waals surface area contributed by atoms with E-state index in [1.54, 1.807) is 0 Å². The SMILES string of the molecule is CNCc1cccc2ccn(C3CCCC(C)C3)c12. The fourth-order valence-corrected chi connectivity index (χ4v) is 3.59. The standard InChI is InChI=1S/C17H24N2/c1-13-5-3-8-16(11-13)19-10-9-14-6-4-7-15(12-18-2)17(14)19/h4,6-7,9-10,13,16,18H,3,5,8,11-12H2,1-2H3. The Morgan fingerprint density at radius 1 is 1.26 bits per heavy atom. The van der Waals surface area contributed by atoms with Crippen LogP contribution in [0.15, 0.2) is 30.5 Å². The minimum absolute atomic E-state index is 0.694. The highest BCUT2D eigenvalue weighted by Gasteiger charge is 2.21. The van der Waals surface area contributed by atoms with Crippen LogP contribution in [0.5, 0.6) is 0 Å². The molecule has 102 valence electrons. The van der Waals surface area contributed by atoms with E-state index in [9.17, 15) is 0 Å². The van der Waals surface area contributed by atoms with Crippen LogP contribution in [0.4, 0.5) is 0 Å². The molecule has 1 heterocycles. The molecule has 1 N–H and O–H groups in total. The predicted molar refractivity (Wildman–Crippen MR) is 81.4 cm³/mol. The van der Waals surface area contributed by atoms with Crippen molar-refractivity contribution in [2.24, 2.45) is 5.92 Å². The van der Waals surface area contributed by atoms with Gasteiger partial charge >= 0.3 is 0 Å². The lowest BCUT2D eigenvalue weighted by molar-refractivity contribution is 0.287. The van der Waals surface area contributed by atoms with Crippen molar-refractivity contribution in [3.05, 3.63) is 36.0 Å². The third-order valence-corrected chi connectivity index (χ3v) is 4.49. The zero-order chi connectivity index (χ0) is 13.2. The van der Waals surface area contributed by atoms with Gasteiger partial charge in [-0.3, -0.25) is 0 Å². The summed E-state index contributed by atoms with van der Waals surface area (Å²) in [5.41, 5.74) is 2.86. The number of nitrogens with zero attached hydrogens (tertiary/aromatic N) is 1. The molecule has 1 saturated carbocycles. The van der Waals surface area contributed by atoms with Gasteiger partial charge in [0.15, 0.2) is 0 Å². The molecule has 19 heavy (non-hydrogen) atoms. The van der Waals surface area contributed by atoms with Crippen LogP contribution in [0, 0.1) is 5.92 Å². The van der Waals surface area contributed by atoms with E-state index in [0.29, 0.717) is 6.04 Å². The summed E-state index contributed by atoms with van der Waals surface area (Å²) in [5, 5.41) is 4.67. The quantitative estimate of drug-likeness (QED) is 0.874. The number of hydrogen-bond donors (Lipinski definition) is 1.